The molecule has 0 aliphatic carbocycles. The molecule has 0 radical (unpaired) electrons. The summed E-state index contributed by atoms with van der Waals surface area (Å²) in [6.07, 6.45) is 0.180. The van der Waals surface area contributed by atoms with Crippen molar-refractivity contribution < 1.29 is 4.79 Å². The molecule has 2 aromatic carbocycles. The summed E-state index contributed by atoms with van der Waals surface area (Å²) in [7, 11) is 2.16. The van der Waals surface area contributed by atoms with Crippen LogP contribution >= 0.6 is 23.2 Å². The lowest BCUT2D eigenvalue weighted by molar-refractivity contribution is -0.120. The molecule has 0 unspecified atom stereocenters. The summed E-state index contributed by atoms with van der Waals surface area (Å²) in [4.78, 5) is 17.1. The van der Waals surface area contributed by atoms with Gasteiger partial charge in [-0.1, -0.05) is 53.5 Å². The summed E-state index contributed by atoms with van der Waals surface area (Å²) in [5.74, 6) is -0.0885. The Bertz CT molecular complexity index is 768. The largest absolute Gasteiger partial charge is 0.352 e. The van der Waals surface area contributed by atoms with Crippen LogP contribution in [0.5, 0.6) is 0 Å². The van der Waals surface area contributed by atoms with Gasteiger partial charge in [0.25, 0.3) is 0 Å². The monoisotopic (exact) mass is 405 g/mol. The maximum Gasteiger partial charge on any atom is 0.224 e. The van der Waals surface area contributed by atoms with Gasteiger partial charge in [-0.2, -0.15) is 0 Å². The topological polar surface area (TPSA) is 35.6 Å². The van der Waals surface area contributed by atoms with Crippen LogP contribution in [-0.4, -0.2) is 48.9 Å². The summed E-state index contributed by atoms with van der Waals surface area (Å²) in [5, 5.41) is 4.00. The van der Waals surface area contributed by atoms with E-state index in [1.54, 1.807) is 18.2 Å². The Balaban J connectivity index is 1.53. The van der Waals surface area contributed by atoms with E-state index < -0.39 is 0 Å². The lowest BCUT2D eigenvalue weighted by Crippen LogP contribution is -2.43. The molecule has 1 fully saturated rings. The smallest absolute Gasteiger partial charge is 0.224 e. The molecule has 4 nitrogen and oxygen atoms in total. The first-order valence-electron chi connectivity index (χ1n) is 9.19. The summed E-state index contributed by atoms with van der Waals surface area (Å²) in [5.41, 5.74) is 3.04. The Labute approximate surface area is 171 Å². The van der Waals surface area contributed by atoms with E-state index in [0.29, 0.717) is 22.2 Å². The second kappa shape index (κ2) is 9.56. The Morgan fingerprint density at radius 3 is 2.33 bits per heavy atom. The van der Waals surface area contributed by atoms with Gasteiger partial charge >= 0.3 is 0 Å². The number of rotatable bonds is 6. The number of halogens is 2. The van der Waals surface area contributed by atoms with Gasteiger partial charge in [0.1, 0.15) is 0 Å². The molecular weight excluding hydrogens is 381 g/mol. The molecule has 144 valence electrons. The highest BCUT2D eigenvalue weighted by Crippen LogP contribution is 2.24. The summed E-state index contributed by atoms with van der Waals surface area (Å²) >= 11 is 12.3. The van der Waals surface area contributed by atoms with Crippen LogP contribution in [0, 0.1) is 0 Å². The fourth-order valence-corrected chi connectivity index (χ4v) is 3.76. The molecule has 0 saturated carbocycles. The van der Waals surface area contributed by atoms with Crippen LogP contribution in [0.4, 0.5) is 0 Å². The molecule has 0 bridgehead atoms. The third kappa shape index (κ3) is 5.94. The number of piperazine rings is 1. The van der Waals surface area contributed by atoms with E-state index in [-0.39, 0.29) is 12.3 Å². The molecule has 1 heterocycles. The third-order valence-corrected chi connectivity index (χ3v) is 5.59. The second-order valence-corrected chi connectivity index (χ2v) is 7.87. The van der Waals surface area contributed by atoms with Crippen molar-refractivity contribution in [2.75, 3.05) is 33.2 Å². The van der Waals surface area contributed by atoms with Crippen molar-refractivity contribution in [3.8, 4) is 0 Å². The van der Waals surface area contributed by atoms with Gasteiger partial charge in [0.15, 0.2) is 0 Å². The van der Waals surface area contributed by atoms with Crippen LogP contribution in [-0.2, 0) is 24.3 Å². The molecule has 1 N–H and O–H groups in total. The van der Waals surface area contributed by atoms with Crippen LogP contribution in [0.15, 0.2) is 42.5 Å². The van der Waals surface area contributed by atoms with Crippen LogP contribution in [0.1, 0.15) is 16.7 Å². The van der Waals surface area contributed by atoms with E-state index in [0.717, 1.165) is 38.3 Å². The highest BCUT2D eigenvalue weighted by Gasteiger charge is 2.14. The SMILES string of the molecule is CN1CCN(Cc2cccc(CNC(=O)Cc3c(Cl)cccc3Cl)c2)CC1. The van der Waals surface area contributed by atoms with Gasteiger partial charge < -0.3 is 10.2 Å². The van der Waals surface area contributed by atoms with Crippen LogP contribution in [0.25, 0.3) is 0 Å². The third-order valence-electron chi connectivity index (χ3n) is 4.88. The number of benzene rings is 2. The molecule has 0 aromatic heterocycles. The summed E-state index contributed by atoms with van der Waals surface area (Å²) in [6, 6.07) is 13.7. The van der Waals surface area contributed by atoms with E-state index in [1.165, 1.54) is 5.56 Å². The van der Waals surface area contributed by atoms with Gasteiger partial charge in [0.2, 0.25) is 5.91 Å². The van der Waals surface area contributed by atoms with Crippen molar-refractivity contribution in [3.63, 3.8) is 0 Å². The van der Waals surface area contributed by atoms with Crippen molar-refractivity contribution in [1.82, 2.24) is 15.1 Å². The molecule has 1 amide bonds. The van der Waals surface area contributed by atoms with E-state index >= 15 is 0 Å². The molecule has 1 saturated heterocycles. The predicted octanol–water partition coefficient (Wildman–Crippen LogP) is 3.60. The van der Waals surface area contributed by atoms with Crippen LogP contribution in [0.2, 0.25) is 10.0 Å². The Morgan fingerprint density at radius 2 is 1.63 bits per heavy atom. The number of hydrogen-bond donors (Lipinski definition) is 1. The molecule has 0 spiro atoms. The van der Waals surface area contributed by atoms with E-state index in [9.17, 15) is 4.79 Å². The number of likely N-dealkylation sites (N-methyl/N-ethyl adjacent to an activating group) is 1. The molecule has 6 heteroatoms. The summed E-state index contributed by atoms with van der Waals surface area (Å²) in [6.45, 7) is 5.86. The highest BCUT2D eigenvalue weighted by molar-refractivity contribution is 6.36. The summed E-state index contributed by atoms with van der Waals surface area (Å²) < 4.78 is 0. The predicted molar refractivity (Wildman–Crippen MR) is 111 cm³/mol. The van der Waals surface area contributed by atoms with Gasteiger partial charge in [-0.3, -0.25) is 9.69 Å². The standard InChI is InChI=1S/C21H25Cl2N3O/c1-25-8-10-26(11-9-25)15-17-5-2-4-16(12-17)14-24-21(27)13-18-19(22)6-3-7-20(18)23/h2-7,12H,8-11,13-15H2,1H3,(H,24,27). The number of carbonyl (C=O) groups excluding carboxylic acids is 1. The fourth-order valence-electron chi connectivity index (χ4n) is 3.23. The molecular formula is C21H25Cl2N3O. The van der Waals surface area contributed by atoms with Crippen molar-refractivity contribution in [2.24, 2.45) is 0 Å². The molecule has 1 aliphatic heterocycles. The molecule has 27 heavy (non-hydrogen) atoms. The first-order chi connectivity index (χ1) is 13.0. The van der Waals surface area contributed by atoms with Crippen molar-refractivity contribution in [2.45, 2.75) is 19.5 Å². The number of hydrogen-bond acceptors (Lipinski definition) is 3. The lowest BCUT2D eigenvalue weighted by atomic mass is 10.1. The number of nitrogens with zero attached hydrogens (tertiary/aromatic N) is 2. The number of nitrogens with one attached hydrogen (secondary N) is 1. The van der Waals surface area contributed by atoms with Crippen LogP contribution in [0.3, 0.4) is 0 Å². The quantitative estimate of drug-likeness (QED) is 0.797. The minimum Gasteiger partial charge on any atom is -0.352 e. The van der Waals surface area contributed by atoms with Gasteiger partial charge in [-0.25, -0.2) is 0 Å². The average Bonchev–Trinajstić information content (AvgIpc) is 2.65. The highest BCUT2D eigenvalue weighted by atomic mass is 35.5. The lowest BCUT2D eigenvalue weighted by Gasteiger charge is -2.32. The Morgan fingerprint density at radius 1 is 1.00 bits per heavy atom. The van der Waals surface area contributed by atoms with E-state index in [2.05, 4.69) is 40.4 Å². The minimum atomic E-state index is -0.0885. The zero-order chi connectivity index (χ0) is 19.2. The molecule has 3 rings (SSSR count). The first kappa shape index (κ1) is 20.2. The van der Waals surface area contributed by atoms with Crippen LogP contribution < -0.4 is 5.32 Å². The Hall–Kier alpha value is -1.59. The average molecular weight is 406 g/mol. The second-order valence-electron chi connectivity index (χ2n) is 7.05. The Kier molecular flexibility index (Phi) is 7.13. The maximum atomic E-state index is 12.3. The number of carbonyl (C=O) groups is 1. The maximum absolute atomic E-state index is 12.3. The molecule has 0 atom stereocenters. The molecule has 1 aliphatic rings. The minimum absolute atomic E-state index is 0.0885. The normalized spacial score (nSPS) is 15.7. The van der Waals surface area contributed by atoms with Crippen molar-refractivity contribution in [1.29, 1.82) is 0 Å². The van der Waals surface area contributed by atoms with Crippen molar-refractivity contribution >= 4 is 29.1 Å². The van der Waals surface area contributed by atoms with Gasteiger partial charge in [-0.05, 0) is 35.9 Å². The molecule has 2 aromatic rings. The van der Waals surface area contributed by atoms with Gasteiger partial charge in [0.05, 0.1) is 6.42 Å². The number of amides is 1. The van der Waals surface area contributed by atoms with E-state index in [4.69, 9.17) is 23.2 Å². The van der Waals surface area contributed by atoms with Gasteiger partial charge in [0, 0.05) is 49.3 Å². The zero-order valence-corrected chi connectivity index (χ0v) is 17.1. The fraction of sp³-hybridized carbons (Fsp3) is 0.381. The zero-order valence-electron chi connectivity index (χ0n) is 15.5. The van der Waals surface area contributed by atoms with Gasteiger partial charge in [-0.15, -0.1) is 0 Å². The van der Waals surface area contributed by atoms with E-state index in [1.807, 2.05) is 6.07 Å². The first-order valence-corrected chi connectivity index (χ1v) is 9.95. The van der Waals surface area contributed by atoms with Crippen molar-refractivity contribution in [3.05, 3.63) is 69.2 Å².